The topological polar surface area (TPSA) is 75.4 Å². The molecule has 27 heavy (non-hydrogen) atoms. The van der Waals surface area contributed by atoms with Gasteiger partial charge in [0, 0.05) is 11.3 Å². The molecule has 1 unspecified atom stereocenters. The number of aliphatic hydroxyl groups is 1. The number of benzene rings is 3. The molecule has 4 N–H and O–H groups in total. The van der Waals surface area contributed by atoms with Crippen LogP contribution in [0.15, 0.2) is 71.6 Å². The minimum Gasteiger partial charge on any atom is -0.370 e. The SMILES string of the molecule is NC(=O)CCc1cc(-c2ccccc2)ccc1-c1ccc2c(c1)NC(O)S2. The van der Waals surface area contributed by atoms with Gasteiger partial charge in [0.2, 0.25) is 5.91 Å². The lowest BCUT2D eigenvalue weighted by molar-refractivity contribution is -0.117. The minimum absolute atomic E-state index is 0.304. The van der Waals surface area contributed by atoms with Crippen LogP contribution in [-0.2, 0) is 11.2 Å². The quantitative estimate of drug-likeness (QED) is 0.623. The summed E-state index contributed by atoms with van der Waals surface area (Å²) >= 11 is 1.40. The van der Waals surface area contributed by atoms with Gasteiger partial charge in [-0.1, -0.05) is 66.4 Å². The molecule has 0 radical (unpaired) electrons. The van der Waals surface area contributed by atoms with Crippen molar-refractivity contribution in [1.29, 1.82) is 0 Å². The third-order valence-electron chi connectivity index (χ3n) is 4.66. The number of hydrogen-bond acceptors (Lipinski definition) is 4. The second-order valence-corrected chi connectivity index (χ2v) is 7.65. The zero-order valence-electron chi connectivity index (χ0n) is 14.7. The van der Waals surface area contributed by atoms with Gasteiger partial charge in [-0.25, -0.2) is 0 Å². The molecule has 0 spiro atoms. The van der Waals surface area contributed by atoms with E-state index in [2.05, 4.69) is 41.7 Å². The number of aryl methyl sites for hydroxylation is 1. The second kappa shape index (κ2) is 7.47. The first-order valence-electron chi connectivity index (χ1n) is 8.82. The van der Waals surface area contributed by atoms with Crippen molar-refractivity contribution in [2.75, 3.05) is 5.32 Å². The van der Waals surface area contributed by atoms with Crippen molar-refractivity contribution in [1.82, 2.24) is 0 Å². The Kier molecular flexibility index (Phi) is 4.88. The fourth-order valence-electron chi connectivity index (χ4n) is 3.35. The Morgan fingerprint density at radius 3 is 2.56 bits per heavy atom. The Hall–Kier alpha value is -2.76. The Morgan fingerprint density at radius 1 is 1.00 bits per heavy atom. The molecule has 0 aromatic heterocycles. The van der Waals surface area contributed by atoms with E-state index in [9.17, 15) is 9.90 Å². The van der Waals surface area contributed by atoms with Gasteiger partial charge in [0.15, 0.2) is 5.56 Å². The summed E-state index contributed by atoms with van der Waals surface area (Å²) in [6.07, 6.45) is 0.899. The highest BCUT2D eigenvalue weighted by molar-refractivity contribution is 8.00. The summed E-state index contributed by atoms with van der Waals surface area (Å²) in [5, 5.41) is 12.8. The maximum Gasteiger partial charge on any atom is 0.217 e. The zero-order chi connectivity index (χ0) is 18.8. The summed E-state index contributed by atoms with van der Waals surface area (Å²) in [6, 6.07) is 22.6. The van der Waals surface area contributed by atoms with Crippen molar-refractivity contribution in [3.05, 3.63) is 72.3 Å². The number of rotatable bonds is 5. The highest BCUT2D eigenvalue weighted by Crippen LogP contribution is 2.40. The minimum atomic E-state index is -0.606. The summed E-state index contributed by atoms with van der Waals surface area (Å²) in [7, 11) is 0. The number of anilines is 1. The zero-order valence-corrected chi connectivity index (χ0v) is 15.5. The molecule has 0 bridgehead atoms. The lowest BCUT2D eigenvalue weighted by Gasteiger charge is -2.13. The monoisotopic (exact) mass is 376 g/mol. The molecule has 0 saturated carbocycles. The van der Waals surface area contributed by atoms with Gasteiger partial charge in [0.1, 0.15) is 0 Å². The Bertz CT molecular complexity index is 989. The molecule has 0 fully saturated rings. The molecular formula is C22H20N2O2S. The van der Waals surface area contributed by atoms with E-state index in [0.717, 1.165) is 38.4 Å². The predicted molar refractivity (Wildman–Crippen MR) is 110 cm³/mol. The molecule has 0 saturated heterocycles. The highest BCUT2D eigenvalue weighted by atomic mass is 32.2. The van der Waals surface area contributed by atoms with E-state index in [0.29, 0.717) is 12.8 Å². The molecule has 3 aromatic rings. The molecule has 1 aliphatic heterocycles. The summed E-state index contributed by atoms with van der Waals surface area (Å²) in [6.45, 7) is 0. The maximum atomic E-state index is 11.3. The summed E-state index contributed by atoms with van der Waals surface area (Å²) < 4.78 is 0. The smallest absolute Gasteiger partial charge is 0.217 e. The van der Waals surface area contributed by atoms with Crippen LogP contribution in [-0.4, -0.2) is 16.6 Å². The molecule has 4 nitrogen and oxygen atoms in total. The van der Waals surface area contributed by atoms with Crippen molar-refractivity contribution >= 4 is 23.4 Å². The van der Waals surface area contributed by atoms with Crippen molar-refractivity contribution in [2.45, 2.75) is 23.3 Å². The number of thioether (sulfide) groups is 1. The van der Waals surface area contributed by atoms with Gasteiger partial charge in [-0.2, -0.15) is 0 Å². The van der Waals surface area contributed by atoms with Gasteiger partial charge >= 0.3 is 0 Å². The number of nitrogens with two attached hydrogens (primary N) is 1. The first-order valence-corrected chi connectivity index (χ1v) is 9.70. The average Bonchev–Trinajstić information content (AvgIpc) is 3.06. The van der Waals surface area contributed by atoms with Gasteiger partial charge < -0.3 is 16.2 Å². The van der Waals surface area contributed by atoms with Crippen LogP contribution < -0.4 is 11.1 Å². The van der Waals surface area contributed by atoms with Crippen LogP contribution in [0.5, 0.6) is 0 Å². The maximum absolute atomic E-state index is 11.3. The van der Waals surface area contributed by atoms with E-state index in [1.165, 1.54) is 11.8 Å². The number of carbonyl (C=O) groups is 1. The van der Waals surface area contributed by atoms with E-state index >= 15 is 0 Å². The van der Waals surface area contributed by atoms with Crippen molar-refractivity contribution < 1.29 is 9.90 Å². The third-order valence-corrected chi connectivity index (χ3v) is 5.61. The number of fused-ring (bicyclic) bond motifs is 1. The number of hydrogen-bond donors (Lipinski definition) is 3. The van der Waals surface area contributed by atoms with Crippen LogP contribution in [0, 0.1) is 0 Å². The van der Waals surface area contributed by atoms with Crippen LogP contribution in [0.3, 0.4) is 0 Å². The van der Waals surface area contributed by atoms with E-state index in [1.807, 2.05) is 30.3 Å². The summed E-state index contributed by atoms with van der Waals surface area (Å²) in [5.41, 5.74) is 11.2. The number of primary amides is 1. The Balaban J connectivity index is 1.75. The summed E-state index contributed by atoms with van der Waals surface area (Å²) in [5.74, 6) is -0.304. The van der Waals surface area contributed by atoms with Crippen molar-refractivity contribution in [3.8, 4) is 22.3 Å². The lowest BCUT2D eigenvalue weighted by Crippen LogP contribution is -2.11. The molecule has 1 aliphatic rings. The van der Waals surface area contributed by atoms with Crippen LogP contribution >= 0.6 is 11.8 Å². The average molecular weight is 376 g/mol. The van der Waals surface area contributed by atoms with Gasteiger partial charge in [0.05, 0.1) is 5.69 Å². The van der Waals surface area contributed by atoms with Crippen molar-refractivity contribution in [3.63, 3.8) is 0 Å². The van der Waals surface area contributed by atoms with Crippen LogP contribution in [0.25, 0.3) is 22.3 Å². The molecule has 1 heterocycles. The predicted octanol–water partition coefficient (Wildman–Crippen LogP) is 4.23. The van der Waals surface area contributed by atoms with Crippen LogP contribution in [0.1, 0.15) is 12.0 Å². The Morgan fingerprint density at radius 2 is 1.78 bits per heavy atom. The van der Waals surface area contributed by atoms with Crippen LogP contribution in [0.4, 0.5) is 5.69 Å². The molecule has 136 valence electrons. The van der Waals surface area contributed by atoms with Crippen LogP contribution in [0.2, 0.25) is 0 Å². The van der Waals surface area contributed by atoms with E-state index in [1.54, 1.807) is 0 Å². The molecule has 5 heteroatoms. The number of aliphatic hydroxyl groups excluding tert-OH is 1. The highest BCUT2D eigenvalue weighted by Gasteiger charge is 2.20. The molecule has 4 rings (SSSR count). The number of nitrogens with one attached hydrogen (secondary N) is 1. The normalized spacial score (nSPS) is 15.2. The molecule has 0 aliphatic carbocycles. The fraction of sp³-hybridized carbons (Fsp3) is 0.136. The second-order valence-electron chi connectivity index (χ2n) is 6.53. The van der Waals surface area contributed by atoms with E-state index < -0.39 is 5.56 Å². The molecular weight excluding hydrogens is 356 g/mol. The standard InChI is InChI=1S/C22H20N2O2S/c23-21(25)11-8-16-12-15(14-4-2-1-3-5-14)6-9-18(16)17-7-10-20-19(13-17)24-22(26)27-20/h1-7,9-10,12-13,22,24,26H,8,11H2,(H2,23,25). The fourth-order valence-corrected chi connectivity index (χ4v) is 4.16. The van der Waals surface area contributed by atoms with Gasteiger partial charge in [0.25, 0.3) is 0 Å². The Labute approximate surface area is 162 Å². The van der Waals surface area contributed by atoms with Gasteiger partial charge in [-0.15, -0.1) is 0 Å². The molecule has 3 aromatic carbocycles. The number of carbonyl (C=O) groups excluding carboxylic acids is 1. The van der Waals surface area contributed by atoms with E-state index in [-0.39, 0.29) is 5.91 Å². The van der Waals surface area contributed by atoms with E-state index in [4.69, 9.17) is 5.73 Å². The van der Waals surface area contributed by atoms with Gasteiger partial charge in [-0.05, 0) is 46.4 Å². The lowest BCUT2D eigenvalue weighted by atomic mass is 9.92. The van der Waals surface area contributed by atoms with Gasteiger partial charge in [-0.3, -0.25) is 4.79 Å². The first-order chi connectivity index (χ1) is 13.1. The largest absolute Gasteiger partial charge is 0.370 e. The third kappa shape index (κ3) is 3.84. The number of amides is 1. The van der Waals surface area contributed by atoms with Crippen molar-refractivity contribution in [2.24, 2.45) is 5.73 Å². The molecule has 1 atom stereocenters. The first kappa shape index (κ1) is 17.6. The molecule has 1 amide bonds. The summed E-state index contributed by atoms with van der Waals surface area (Å²) in [4.78, 5) is 12.4.